The first-order valence-corrected chi connectivity index (χ1v) is 11.3. The van der Waals surface area contributed by atoms with Crippen LogP contribution in [-0.2, 0) is 6.42 Å². The van der Waals surface area contributed by atoms with Crippen molar-refractivity contribution in [1.82, 2.24) is 9.97 Å². The minimum atomic E-state index is -0.628. The van der Waals surface area contributed by atoms with Gasteiger partial charge in [0.25, 0.3) is 0 Å². The summed E-state index contributed by atoms with van der Waals surface area (Å²) < 4.78 is 6.15. The lowest BCUT2D eigenvalue weighted by molar-refractivity contribution is 0.163. The lowest BCUT2D eigenvalue weighted by atomic mass is 10.1. The van der Waals surface area contributed by atoms with E-state index in [2.05, 4.69) is 10.3 Å². The number of hydrogen-bond donors (Lipinski definition) is 2. The van der Waals surface area contributed by atoms with Crippen molar-refractivity contribution in [3.63, 3.8) is 0 Å². The maximum absolute atomic E-state index is 10.7. The number of thiazole rings is 1. The van der Waals surface area contributed by atoms with Crippen molar-refractivity contribution in [2.45, 2.75) is 25.0 Å². The van der Waals surface area contributed by atoms with E-state index in [1.165, 1.54) is 11.3 Å². The monoisotopic (exact) mass is 449 g/mol. The van der Waals surface area contributed by atoms with Crippen molar-refractivity contribution in [2.24, 2.45) is 0 Å². The predicted octanol–water partition coefficient (Wildman–Crippen LogP) is 6.16. The number of aryl methyl sites for hydroxylation is 1. The van der Waals surface area contributed by atoms with Crippen LogP contribution in [0.5, 0.6) is 11.5 Å². The highest BCUT2D eigenvalue weighted by atomic mass is 35.5. The molecule has 5 rings (SSSR count). The van der Waals surface area contributed by atoms with Gasteiger partial charge in [0, 0.05) is 28.4 Å². The number of aliphatic hydroxyl groups is 1. The molecule has 7 heteroatoms. The summed E-state index contributed by atoms with van der Waals surface area (Å²) in [5.74, 6) is 1.49. The molecular formula is C24H20ClN3O2S. The van der Waals surface area contributed by atoms with Crippen LogP contribution >= 0.6 is 22.9 Å². The third-order valence-corrected chi connectivity index (χ3v) is 6.44. The van der Waals surface area contributed by atoms with Crippen molar-refractivity contribution >= 4 is 28.6 Å². The molecular weight excluding hydrogens is 430 g/mol. The van der Waals surface area contributed by atoms with Crippen molar-refractivity contribution < 1.29 is 9.84 Å². The molecule has 31 heavy (non-hydrogen) atoms. The zero-order chi connectivity index (χ0) is 21.2. The van der Waals surface area contributed by atoms with Gasteiger partial charge in [-0.25, -0.2) is 4.98 Å². The fourth-order valence-corrected chi connectivity index (χ4v) is 4.75. The summed E-state index contributed by atoms with van der Waals surface area (Å²) in [6, 6.07) is 17.2. The second kappa shape index (κ2) is 8.67. The van der Waals surface area contributed by atoms with Crippen LogP contribution in [0, 0.1) is 0 Å². The lowest BCUT2D eigenvalue weighted by Gasteiger charge is -2.17. The van der Waals surface area contributed by atoms with Crippen LogP contribution in [0.1, 0.15) is 40.4 Å². The largest absolute Gasteiger partial charge is 0.455 e. The first-order chi connectivity index (χ1) is 15.2. The highest BCUT2D eigenvalue weighted by molar-refractivity contribution is 7.09. The second-order valence-corrected chi connectivity index (χ2v) is 8.70. The number of ether oxygens (including phenoxy) is 1. The van der Waals surface area contributed by atoms with Gasteiger partial charge in [0.1, 0.15) is 16.8 Å². The van der Waals surface area contributed by atoms with E-state index in [0.29, 0.717) is 22.9 Å². The minimum Gasteiger partial charge on any atom is -0.455 e. The minimum absolute atomic E-state index is 0.206. The van der Waals surface area contributed by atoms with Gasteiger partial charge in [-0.05, 0) is 54.8 Å². The molecule has 0 amide bonds. The van der Waals surface area contributed by atoms with Crippen LogP contribution in [0.4, 0.5) is 5.69 Å². The number of pyridine rings is 1. The Bertz CT molecular complexity index is 1200. The third kappa shape index (κ3) is 4.28. The second-order valence-electron chi connectivity index (χ2n) is 7.38. The number of benzene rings is 2. The quantitative estimate of drug-likeness (QED) is 0.381. The Morgan fingerprint density at radius 2 is 1.94 bits per heavy atom. The standard InChI is InChI=1S/C24H20ClN3O2S/c25-16-6-8-22-18(13-16)27-23(17-3-1-2-4-21(17)30-22)24-28-19(14-31-24)20(29)7-5-15-9-11-26-12-10-15/h1-4,6,8-14,20,23,27,29H,5,7H2. The number of fused-ring (bicyclic) bond motifs is 2. The van der Waals surface area contributed by atoms with Crippen LogP contribution < -0.4 is 10.1 Å². The van der Waals surface area contributed by atoms with Crippen molar-refractivity contribution in [2.75, 3.05) is 5.32 Å². The Morgan fingerprint density at radius 3 is 2.81 bits per heavy atom. The van der Waals surface area contributed by atoms with Gasteiger partial charge < -0.3 is 15.2 Å². The van der Waals surface area contributed by atoms with Crippen LogP contribution in [0.3, 0.4) is 0 Å². The summed E-state index contributed by atoms with van der Waals surface area (Å²) >= 11 is 7.75. The topological polar surface area (TPSA) is 67.3 Å². The summed E-state index contributed by atoms with van der Waals surface area (Å²) in [6.45, 7) is 0. The van der Waals surface area contributed by atoms with Gasteiger partial charge in [0.15, 0.2) is 5.75 Å². The maximum Gasteiger partial charge on any atom is 0.150 e. The van der Waals surface area contributed by atoms with Gasteiger partial charge in [-0.1, -0.05) is 29.8 Å². The molecule has 0 fully saturated rings. The smallest absolute Gasteiger partial charge is 0.150 e. The number of rotatable bonds is 5. The molecule has 3 heterocycles. The molecule has 156 valence electrons. The molecule has 1 aliphatic heterocycles. The first kappa shape index (κ1) is 20.0. The van der Waals surface area contributed by atoms with E-state index in [1.54, 1.807) is 12.4 Å². The average Bonchev–Trinajstić information content (AvgIpc) is 3.22. The van der Waals surface area contributed by atoms with Gasteiger partial charge in [-0.2, -0.15) is 0 Å². The van der Waals surface area contributed by atoms with E-state index in [-0.39, 0.29) is 6.04 Å². The Morgan fingerprint density at radius 1 is 1.10 bits per heavy atom. The fraction of sp³-hybridized carbons (Fsp3) is 0.167. The summed E-state index contributed by atoms with van der Waals surface area (Å²) in [4.78, 5) is 8.82. The molecule has 2 N–H and O–H groups in total. The molecule has 0 saturated carbocycles. The molecule has 0 radical (unpaired) electrons. The number of nitrogens with one attached hydrogen (secondary N) is 1. The van der Waals surface area contributed by atoms with E-state index in [4.69, 9.17) is 21.3 Å². The number of aromatic nitrogens is 2. The summed E-state index contributed by atoms with van der Waals surface area (Å²) in [5.41, 5.74) is 3.63. The Kier molecular flexibility index (Phi) is 5.59. The molecule has 0 saturated heterocycles. The van der Waals surface area contributed by atoms with E-state index in [9.17, 15) is 5.11 Å². The summed E-state index contributed by atoms with van der Waals surface area (Å²) in [7, 11) is 0. The molecule has 1 aliphatic rings. The molecule has 2 unspecified atom stereocenters. The molecule has 2 aromatic carbocycles. The van der Waals surface area contributed by atoms with Crippen LogP contribution in [0.15, 0.2) is 72.4 Å². The Balaban J connectivity index is 1.42. The normalized spacial score (nSPS) is 15.7. The number of anilines is 1. The van der Waals surface area contributed by atoms with Crippen molar-refractivity contribution in [3.05, 3.63) is 99.2 Å². The highest BCUT2D eigenvalue weighted by Crippen LogP contribution is 2.44. The number of hydrogen-bond acceptors (Lipinski definition) is 6. The zero-order valence-electron chi connectivity index (χ0n) is 16.5. The molecule has 0 aliphatic carbocycles. The molecule has 2 aromatic heterocycles. The average molecular weight is 450 g/mol. The Hall–Kier alpha value is -2.93. The zero-order valence-corrected chi connectivity index (χ0v) is 18.1. The summed E-state index contributed by atoms with van der Waals surface area (Å²) in [5, 5.41) is 17.7. The summed E-state index contributed by atoms with van der Waals surface area (Å²) in [6.07, 6.45) is 4.27. The molecule has 0 bridgehead atoms. The van der Waals surface area contributed by atoms with Crippen molar-refractivity contribution in [1.29, 1.82) is 0 Å². The number of para-hydroxylation sites is 1. The van der Waals surface area contributed by atoms with E-state index in [0.717, 1.165) is 34.0 Å². The Labute approximate surface area is 189 Å². The molecule has 5 nitrogen and oxygen atoms in total. The van der Waals surface area contributed by atoms with Gasteiger partial charge in [-0.3, -0.25) is 4.98 Å². The molecule has 2 atom stereocenters. The SMILES string of the molecule is OC(CCc1ccncc1)c1csc(C2Nc3cc(Cl)ccc3Oc3ccccc32)n1. The van der Waals surface area contributed by atoms with E-state index < -0.39 is 6.10 Å². The van der Waals surface area contributed by atoms with E-state index in [1.807, 2.05) is 60.0 Å². The van der Waals surface area contributed by atoms with Crippen molar-refractivity contribution in [3.8, 4) is 11.5 Å². The number of halogens is 1. The van der Waals surface area contributed by atoms with Gasteiger partial charge in [0.2, 0.25) is 0 Å². The first-order valence-electron chi connectivity index (χ1n) is 10.0. The van der Waals surface area contributed by atoms with Gasteiger partial charge >= 0.3 is 0 Å². The van der Waals surface area contributed by atoms with Gasteiger partial charge in [-0.15, -0.1) is 11.3 Å². The third-order valence-electron chi connectivity index (χ3n) is 5.28. The van der Waals surface area contributed by atoms with Crippen LogP contribution in [0.2, 0.25) is 5.02 Å². The highest BCUT2D eigenvalue weighted by Gasteiger charge is 2.27. The van der Waals surface area contributed by atoms with Crippen LogP contribution in [0.25, 0.3) is 0 Å². The predicted molar refractivity (Wildman–Crippen MR) is 123 cm³/mol. The fourth-order valence-electron chi connectivity index (χ4n) is 3.65. The lowest BCUT2D eigenvalue weighted by Crippen LogP contribution is -2.11. The number of aliphatic hydroxyl groups excluding tert-OH is 1. The van der Waals surface area contributed by atoms with Crippen LogP contribution in [-0.4, -0.2) is 15.1 Å². The van der Waals surface area contributed by atoms with Gasteiger partial charge in [0.05, 0.1) is 17.5 Å². The molecule has 0 spiro atoms. The van der Waals surface area contributed by atoms with E-state index >= 15 is 0 Å². The number of nitrogens with zero attached hydrogens (tertiary/aromatic N) is 2. The molecule has 4 aromatic rings. The maximum atomic E-state index is 10.7.